The number of carbonyl (C=O) groups excluding carboxylic acids is 2. The molecule has 6 nitrogen and oxygen atoms in total. The maximum Gasteiger partial charge on any atom is 0.247 e. The van der Waals surface area contributed by atoms with Crippen molar-refractivity contribution in [1.82, 2.24) is 15.1 Å². The standard InChI is InChI=1S/C13H21N3O3/c1-15-4-5-19-10(8-15)7-14-11-6-12(17)16(13(11)18)9-2-3-9/h9-11,14H,2-8H2,1H3. The Morgan fingerprint density at radius 3 is 2.84 bits per heavy atom. The van der Waals surface area contributed by atoms with E-state index < -0.39 is 0 Å². The van der Waals surface area contributed by atoms with Crippen LogP contribution in [-0.4, -0.2) is 73.1 Å². The van der Waals surface area contributed by atoms with E-state index in [1.807, 2.05) is 0 Å². The van der Waals surface area contributed by atoms with E-state index in [-0.39, 0.29) is 30.0 Å². The number of nitrogens with zero attached hydrogens (tertiary/aromatic N) is 2. The maximum atomic E-state index is 12.1. The lowest BCUT2D eigenvalue weighted by atomic mass is 10.2. The monoisotopic (exact) mass is 267 g/mol. The molecule has 2 atom stereocenters. The van der Waals surface area contributed by atoms with Gasteiger partial charge in [-0.05, 0) is 19.9 Å². The van der Waals surface area contributed by atoms with Gasteiger partial charge in [0.15, 0.2) is 0 Å². The van der Waals surface area contributed by atoms with Crippen molar-refractivity contribution in [3.8, 4) is 0 Å². The number of imide groups is 1. The van der Waals surface area contributed by atoms with Crippen molar-refractivity contribution in [2.75, 3.05) is 33.3 Å². The van der Waals surface area contributed by atoms with Crippen LogP contribution in [0.15, 0.2) is 0 Å². The second-order valence-electron chi connectivity index (χ2n) is 5.75. The molecule has 1 saturated carbocycles. The molecule has 0 aromatic carbocycles. The van der Waals surface area contributed by atoms with Crippen LogP contribution in [0.3, 0.4) is 0 Å². The molecule has 0 bridgehead atoms. The van der Waals surface area contributed by atoms with Crippen LogP contribution in [-0.2, 0) is 14.3 Å². The summed E-state index contributed by atoms with van der Waals surface area (Å²) in [5.74, 6) is -0.0663. The van der Waals surface area contributed by atoms with Gasteiger partial charge in [0, 0.05) is 25.7 Å². The molecule has 0 aromatic heterocycles. The van der Waals surface area contributed by atoms with E-state index >= 15 is 0 Å². The number of nitrogens with one attached hydrogen (secondary N) is 1. The molecule has 2 aliphatic heterocycles. The van der Waals surface area contributed by atoms with E-state index in [2.05, 4.69) is 17.3 Å². The Bertz CT molecular complexity index is 383. The minimum Gasteiger partial charge on any atom is -0.374 e. The SMILES string of the molecule is CN1CCOC(CNC2CC(=O)N(C3CC3)C2=O)C1. The lowest BCUT2D eigenvalue weighted by molar-refractivity contribution is -0.139. The highest BCUT2D eigenvalue weighted by molar-refractivity contribution is 6.06. The predicted molar refractivity (Wildman–Crippen MR) is 68.5 cm³/mol. The van der Waals surface area contributed by atoms with Crippen LogP contribution in [0.1, 0.15) is 19.3 Å². The van der Waals surface area contributed by atoms with Crippen molar-refractivity contribution in [3.05, 3.63) is 0 Å². The summed E-state index contributed by atoms with van der Waals surface area (Å²) in [7, 11) is 2.06. The van der Waals surface area contributed by atoms with E-state index in [4.69, 9.17) is 4.74 Å². The Morgan fingerprint density at radius 2 is 2.16 bits per heavy atom. The molecule has 2 unspecified atom stereocenters. The van der Waals surface area contributed by atoms with Gasteiger partial charge in [-0.25, -0.2) is 0 Å². The van der Waals surface area contributed by atoms with Crippen molar-refractivity contribution in [2.24, 2.45) is 0 Å². The number of rotatable bonds is 4. The molecule has 0 radical (unpaired) electrons. The Labute approximate surface area is 113 Å². The lowest BCUT2D eigenvalue weighted by Gasteiger charge is -2.30. The molecule has 106 valence electrons. The summed E-state index contributed by atoms with van der Waals surface area (Å²) in [5.41, 5.74) is 0. The van der Waals surface area contributed by atoms with Crippen LogP contribution >= 0.6 is 0 Å². The highest BCUT2D eigenvalue weighted by Crippen LogP contribution is 2.31. The van der Waals surface area contributed by atoms with Crippen molar-refractivity contribution in [3.63, 3.8) is 0 Å². The summed E-state index contributed by atoms with van der Waals surface area (Å²) in [6.45, 7) is 3.18. The maximum absolute atomic E-state index is 12.1. The van der Waals surface area contributed by atoms with Gasteiger partial charge in [-0.2, -0.15) is 0 Å². The first-order chi connectivity index (χ1) is 9.15. The molecular weight excluding hydrogens is 246 g/mol. The normalized spacial score (nSPS) is 33.2. The fourth-order valence-electron chi connectivity index (χ4n) is 2.79. The molecule has 3 rings (SSSR count). The number of amides is 2. The zero-order chi connectivity index (χ0) is 13.4. The summed E-state index contributed by atoms with van der Waals surface area (Å²) >= 11 is 0. The van der Waals surface area contributed by atoms with Gasteiger partial charge in [0.05, 0.1) is 25.2 Å². The molecule has 0 aromatic rings. The number of likely N-dealkylation sites (tertiary alicyclic amines) is 1. The first-order valence-electron chi connectivity index (χ1n) is 7.04. The van der Waals surface area contributed by atoms with Crippen LogP contribution in [0.25, 0.3) is 0 Å². The second kappa shape index (κ2) is 5.19. The third-order valence-electron chi connectivity index (χ3n) is 4.03. The van der Waals surface area contributed by atoms with Crippen molar-refractivity contribution in [2.45, 2.75) is 37.5 Å². The third kappa shape index (κ3) is 2.80. The third-order valence-corrected chi connectivity index (χ3v) is 4.03. The molecular formula is C13H21N3O3. The Morgan fingerprint density at radius 1 is 1.37 bits per heavy atom. The number of morpholine rings is 1. The van der Waals surface area contributed by atoms with E-state index in [1.54, 1.807) is 0 Å². The summed E-state index contributed by atoms with van der Waals surface area (Å²) in [6, 6.07) is -0.159. The fourth-order valence-corrected chi connectivity index (χ4v) is 2.79. The molecule has 2 heterocycles. The number of ether oxygens (including phenoxy) is 1. The minimum atomic E-state index is -0.344. The van der Waals surface area contributed by atoms with E-state index in [9.17, 15) is 9.59 Å². The number of carbonyl (C=O) groups is 2. The van der Waals surface area contributed by atoms with Crippen molar-refractivity contribution < 1.29 is 14.3 Å². The number of hydrogen-bond donors (Lipinski definition) is 1. The summed E-state index contributed by atoms with van der Waals surface area (Å²) in [4.78, 5) is 27.6. The van der Waals surface area contributed by atoms with Gasteiger partial charge in [0.25, 0.3) is 0 Å². The van der Waals surface area contributed by atoms with Gasteiger partial charge in [-0.3, -0.25) is 14.5 Å². The van der Waals surface area contributed by atoms with Crippen LogP contribution in [0, 0.1) is 0 Å². The fraction of sp³-hybridized carbons (Fsp3) is 0.846. The Kier molecular flexibility index (Phi) is 3.56. The molecule has 3 fully saturated rings. The van der Waals surface area contributed by atoms with Gasteiger partial charge in [-0.15, -0.1) is 0 Å². The van der Waals surface area contributed by atoms with Gasteiger partial charge in [-0.1, -0.05) is 0 Å². The average molecular weight is 267 g/mol. The first kappa shape index (κ1) is 13.0. The Hall–Kier alpha value is -0.980. The highest BCUT2D eigenvalue weighted by Gasteiger charge is 2.45. The molecule has 19 heavy (non-hydrogen) atoms. The topological polar surface area (TPSA) is 61.9 Å². The van der Waals surface area contributed by atoms with Gasteiger partial charge in [0.1, 0.15) is 0 Å². The minimum absolute atomic E-state index is 0.0216. The van der Waals surface area contributed by atoms with Crippen molar-refractivity contribution >= 4 is 11.8 Å². The molecule has 2 saturated heterocycles. The number of hydrogen-bond acceptors (Lipinski definition) is 5. The molecule has 2 amide bonds. The molecule has 1 N–H and O–H groups in total. The highest BCUT2D eigenvalue weighted by atomic mass is 16.5. The number of likely N-dealkylation sites (N-methyl/N-ethyl adjacent to an activating group) is 1. The van der Waals surface area contributed by atoms with Gasteiger partial charge in [0.2, 0.25) is 11.8 Å². The second-order valence-corrected chi connectivity index (χ2v) is 5.75. The summed E-state index contributed by atoms with van der Waals surface area (Å²) in [6.07, 6.45) is 2.36. The summed E-state index contributed by atoms with van der Waals surface area (Å²) < 4.78 is 5.64. The zero-order valence-electron chi connectivity index (χ0n) is 11.3. The summed E-state index contributed by atoms with van der Waals surface area (Å²) in [5, 5.41) is 3.20. The average Bonchev–Trinajstić information content (AvgIpc) is 3.15. The van der Waals surface area contributed by atoms with E-state index in [0.717, 1.165) is 32.5 Å². The quantitative estimate of drug-likeness (QED) is 0.676. The molecule has 0 spiro atoms. The van der Waals surface area contributed by atoms with Gasteiger partial charge < -0.3 is 15.0 Å². The van der Waals surface area contributed by atoms with E-state index in [0.29, 0.717) is 13.0 Å². The smallest absolute Gasteiger partial charge is 0.247 e. The molecule has 6 heteroatoms. The van der Waals surface area contributed by atoms with Crippen LogP contribution < -0.4 is 5.32 Å². The molecule has 3 aliphatic rings. The van der Waals surface area contributed by atoms with Crippen LogP contribution in [0.4, 0.5) is 0 Å². The Balaban J connectivity index is 1.50. The lowest BCUT2D eigenvalue weighted by Crippen LogP contribution is -2.48. The van der Waals surface area contributed by atoms with E-state index in [1.165, 1.54) is 4.90 Å². The van der Waals surface area contributed by atoms with Gasteiger partial charge >= 0.3 is 0 Å². The van der Waals surface area contributed by atoms with Crippen molar-refractivity contribution in [1.29, 1.82) is 0 Å². The van der Waals surface area contributed by atoms with Crippen LogP contribution in [0.5, 0.6) is 0 Å². The zero-order valence-corrected chi connectivity index (χ0v) is 11.3. The molecule has 1 aliphatic carbocycles. The predicted octanol–water partition coefficient (Wildman–Crippen LogP) is -0.803. The first-order valence-corrected chi connectivity index (χ1v) is 7.04. The van der Waals surface area contributed by atoms with Crippen LogP contribution in [0.2, 0.25) is 0 Å². The largest absolute Gasteiger partial charge is 0.374 e.